The molecule has 3 rings (SSSR count). The molecule has 2 aliphatic heterocycles. The topological polar surface area (TPSA) is 212 Å². The summed E-state index contributed by atoms with van der Waals surface area (Å²) in [5.74, 6) is -2.36. The first-order valence-electron chi connectivity index (χ1n) is 6.98. The largest absolute Gasteiger partial charge is 0.509 e. The predicted molar refractivity (Wildman–Crippen MR) is 90.7 cm³/mol. The number of cyclic esters (lactones) is 4. The van der Waals surface area contributed by atoms with Gasteiger partial charge in [0.2, 0.25) is 12.2 Å². The van der Waals surface area contributed by atoms with Crippen molar-refractivity contribution in [2.24, 2.45) is 0 Å². The van der Waals surface area contributed by atoms with Gasteiger partial charge in [-0.3, -0.25) is 0 Å². The van der Waals surface area contributed by atoms with Crippen molar-refractivity contribution in [2.45, 2.75) is 12.2 Å². The molecule has 1 aromatic rings. The minimum absolute atomic E-state index is 0.0847. The van der Waals surface area contributed by atoms with E-state index >= 15 is 0 Å². The Morgan fingerprint density at radius 3 is 1.10 bits per heavy atom. The molecular weight excluding hydrogens is 488 g/mol. The van der Waals surface area contributed by atoms with Gasteiger partial charge in [0, 0.05) is 35.3 Å². The van der Waals surface area contributed by atoms with E-state index in [4.69, 9.17) is 45.5 Å². The molecule has 1 aromatic heterocycles. The number of carboxylic acids is 2. The highest BCUT2D eigenvalue weighted by atomic mass is 35.5. The minimum Gasteiger partial charge on any atom is -0.478 e. The molecule has 3 heterocycles. The Morgan fingerprint density at radius 2 is 0.967 bits per heavy atom. The van der Waals surface area contributed by atoms with Crippen LogP contribution < -0.4 is 17.1 Å². The first-order chi connectivity index (χ1) is 13.9. The number of aromatic nitrogens is 3. The third-order valence-electron chi connectivity index (χ3n) is 2.74. The second kappa shape index (κ2) is 10.5. The maximum Gasteiger partial charge on any atom is 0.509 e. The van der Waals surface area contributed by atoms with Gasteiger partial charge in [0.05, 0.1) is 0 Å². The number of ether oxygens (including phenoxy) is 4. The van der Waals surface area contributed by atoms with Crippen LogP contribution in [0, 0.1) is 0 Å². The quantitative estimate of drug-likeness (QED) is 0.442. The summed E-state index contributed by atoms with van der Waals surface area (Å²) in [6, 6.07) is 0. The third kappa shape index (κ3) is 6.39. The molecule has 0 bridgehead atoms. The first-order valence-corrected chi connectivity index (χ1v) is 8.00. The smallest absolute Gasteiger partial charge is 0.478 e. The van der Waals surface area contributed by atoms with Crippen molar-refractivity contribution < 1.29 is 48.3 Å². The third-order valence-corrected chi connectivity index (χ3v) is 3.61. The number of rotatable bonds is 2. The van der Waals surface area contributed by atoms with Crippen LogP contribution in [0.1, 0.15) is 0 Å². The number of nitrogens with zero attached hydrogens (tertiary/aromatic N) is 3. The van der Waals surface area contributed by atoms with E-state index in [2.05, 4.69) is 18.9 Å². The molecule has 0 spiro atoms. The van der Waals surface area contributed by atoms with Crippen LogP contribution in [-0.4, -0.2) is 72.1 Å². The first kappa shape index (κ1) is 24.8. The summed E-state index contributed by atoms with van der Waals surface area (Å²) in [6.07, 6.45) is -4.06. The van der Waals surface area contributed by atoms with Crippen LogP contribution in [-0.2, 0) is 28.5 Å². The second-order valence-corrected chi connectivity index (χ2v) is 5.72. The van der Waals surface area contributed by atoms with Crippen LogP contribution in [0.5, 0.6) is 0 Å². The average molecular weight is 497 g/mol. The highest BCUT2D eigenvalue weighted by Crippen LogP contribution is 2.05. The molecule has 0 radical (unpaired) electrons. The van der Waals surface area contributed by atoms with Crippen molar-refractivity contribution in [3.8, 4) is 0 Å². The van der Waals surface area contributed by atoms with E-state index in [0.717, 1.165) is 0 Å². The lowest BCUT2D eigenvalue weighted by Gasteiger charge is -1.96. The average Bonchev–Trinajstić information content (AvgIpc) is 3.33. The van der Waals surface area contributed by atoms with Crippen LogP contribution >= 0.6 is 35.3 Å². The fourth-order valence-electron chi connectivity index (χ4n) is 1.38. The number of carboxylic acid groups (broad SMARTS) is 2. The molecule has 0 amide bonds. The van der Waals surface area contributed by atoms with E-state index < -0.39 is 53.5 Å². The van der Waals surface area contributed by atoms with E-state index in [-0.39, 0.29) is 25.5 Å². The molecule has 19 heteroatoms. The minimum atomic E-state index is -1.18. The number of hydrogen-bond acceptors (Lipinski definition) is 11. The van der Waals surface area contributed by atoms with Gasteiger partial charge in [0.15, 0.2) is 0 Å². The lowest BCUT2D eigenvalue weighted by atomic mass is 10.4. The van der Waals surface area contributed by atoms with E-state index in [0.29, 0.717) is 0 Å². The molecule has 2 atom stereocenters. The molecule has 166 valence electrons. The lowest BCUT2D eigenvalue weighted by molar-refractivity contribution is -0.145. The summed E-state index contributed by atoms with van der Waals surface area (Å²) < 4.78 is 16.9. The molecule has 2 saturated heterocycles. The molecule has 0 aromatic carbocycles. The molecule has 0 saturated carbocycles. The fraction of sp³-hybridized carbons (Fsp3) is 0.364. The second-order valence-electron chi connectivity index (χ2n) is 4.70. The number of carbonyl (C=O) groups is 4. The van der Waals surface area contributed by atoms with Gasteiger partial charge in [-0.15, -0.1) is 12.3 Å². The van der Waals surface area contributed by atoms with E-state index in [9.17, 15) is 33.6 Å². The molecule has 2 aliphatic rings. The summed E-state index contributed by atoms with van der Waals surface area (Å²) in [5, 5.41) is 16.3. The summed E-state index contributed by atoms with van der Waals surface area (Å²) in [6.45, 7) is -0.373. The van der Waals surface area contributed by atoms with Gasteiger partial charge >= 0.3 is 41.3 Å². The van der Waals surface area contributed by atoms with Gasteiger partial charge in [-0.1, -0.05) is 0 Å². The number of hydrogen-bond donors (Lipinski definition) is 2. The van der Waals surface area contributed by atoms with Gasteiger partial charge in [-0.05, 0) is 0 Å². The van der Waals surface area contributed by atoms with Crippen LogP contribution in [0.2, 0.25) is 0 Å². The van der Waals surface area contributed by atoms with E-state index in [1.54, 1.807) is 0 Å². The fourth-order valence-corrected chi connectivity index (χ4v) is 1.95. The zero-order valence-electron chi connectivity index (χ0n) is 13.9. The van der Waals surface area contributed by atoms with Crippen molar-refractivity contribution >= 4 is 59.6 Å². The normalized spacial score (nSPS) is 19.0. The van der Waals surface area contributed by atoms with E-state index in [1.165, 1.54) is 0 Å². The molecular formula is C11H8Cl3N3O13. The van der Waals surface area contributed by atoms with Crippen LogP contribution in [0.15, 0.2) is 14.4 Å². The number of halogens is 3. The zero-order chi connectivity index (χ0) is 23.2. The van der Waals surface area contributed by atoms with Crippen molar-refractivity contribution in [1.82, 2.24) is 12.3 Å². The van der Waals surface area contributed by atoms with Crippen molar-refractivity contribution in [1.29, 1.82) is 0 Å². The van der Waals surface area contributed by atoms with Gasteiger partial charge in [0.25, 0.3) is 0 Å². The van der Waals surface area contributed by atoms with E-state index in [1.807, 2.05) is 0 Å². The zero-order valence-corrected chi connectivity index (χ0v) is 16.2. The number of carbonyl (C=O) groups excluding carboxylic acids is 2. The Hall–Kier alpha value is -3.24. The Bertz CT molecular complexity index is 890. The summed E-state index contributed by atoms with van der Waals surface area (Å²) >= 11 is 15.3. The Morgan fingerprint density at radius 1 is 0.700 bits per heavy atom. The Labute approximate surface area is 177 Å². The SMILES string of the molecule is O=C1OCC(C(=O)O)O1.O=C1OCC(C(=O)O)O1.O=c1n(Cl)c(=O)n(Cl)c(=O)n1Cl. The standard InChI is InChI=1S/2C4H4O5.C3Cl3N3O3/c2*5-3(6)2-1-8-4(7)9-2;4-7-1(10)8(5)3(12)9(6)2(7)11/h2*2H,1H2,(H,5,6);. The lowest BCUT2D eigenvalue weighted by Crippen LogP contribution is -2.47. The van der Waals surface area contributed by atoms with Crippen LogP contribution in [0.4, 0.5) is 9.59 Å². The van der Waals surface area contributed by atoms with Crippen LogP contribution in [0.25, 0.3) is 0 Å². The molecule has 2 N–H and O–H groups in total. The summed E-state index contributed by atoms with van der Waals surface area (Å²) in [5.41, 5.74) is -3.49. The predicted octanol–water partition coefficient (Wildman–Crippen LogP) is -1.61. The summed E-state index contributed by atoms with van der Waals surface area (Å²) in [4.78, 5) is 72.3. The Balaban J connectivity index is 0.000000229. The molecule has 16 nitrogen and oxygen atoms in total. The van der Waals surface area contributed by atoms with Gasteiger partial charge in [-0.25, -0.2) is 33.6 Å². The molecule has 30 heavy (non-hydrogen) atoms. The summed E-state index contributed by atoms with van der Waals surface area (Å²) in [7, 11) is 0. The highest BCUT2D eigenvalue weighted by molar-refractivity contribution is 6.19. The Kier molecular flexibility index (Phi) is 8.69. The molecule has 0 aliphatic carbocycles. The van der Waals surface area contributed by atoms with Gasteiger partial charge in [-0.2, -0.15) is 0 Å². The number of aliphatic carboxylic acids is 2. The maximum absolute atomic E-state index is 10.8. The van der Waals surface area contributed by atoms with Crippen molar-refractivity contribution in [3.05, 3.63) is 31.5 Å². The highest BCUT2D eigenvalue weighted by Gasteiger charge is 2.31. The van der Waals surface area contributed by atoms with Crippen molar-refractivity contribution in [3.63, 3.8) is 0 Å². The van der Waals surface area contributed by atoms with Crippen LogP contribution in [0.3, 0.4) is 0 Å². The van der Waals surface area contributed by atoms with Gasteiger partial charge < -0.3 is 29.2 Å². The van der Waals surface area contributed by atoms with Gasteiger partial charge in [0.1, 0.15) is 13.2 Å². The van der Waals surface area contributed by atoms with Crippen molar-refractivity contribution in [2.75, 3.05) is 13.2 Å². The molecule has 2 unspecified atom stereocenters. The molecule has 2 fully saturated rings. The monoisotopic (exact) mass is 495 g/mol. The maximum atomic E-state index is 10.8.